The number of nitrogens with zero attached hydrogens (tertiary/aromatic N) is 2. The molecule has 4 nitrogen and oxygen atoms in total. The number of alkyl halides is 6. The van der Waals surface area contributed by atoms with E-state index in [4.69, 9.17) is 0 Å². The van der Waals surface area contributed by atoms with E-state index in [2.05, 4.69) is 10.3 Å². The van der Waals surface area contributed by atoms with Crippen LogP contribution < -0.4 is 5.32 Å². The van der Waals surface area contributed by atoms with Crippen molar-refractivity contribution in [3.8, 4) is 11.3 Å². The average molecular weight is 449 g/mol. The van der Waals surface area contributed by atoms with Gasteiger partial charge in [-0.15, -0.1) is 0 Å². The van der Waals surface area contributed by atoms with Crippen molar-refractivity contribution in [2.45, 2.75) is 12.4 Å². The Morgan fingerprint density at radius 2 is 1.47 bits per heavy atom. The van der Waals surface area contributed by atoms with Gasteiger partial charge in [0.25, 0.3) is 5.91 Å². The molecule has 0 spiro atoms. The second-order valence-electron chi connectivity index (χ2n) is 6.92. The van der Waals surface area contributed by atoms with Crippen LogP contribution in [-0.4, -0.2) is 15.3 Å². The van der Waals surface area contributed by atoms with Gasteiger partial charge in [-0.1, -0.05) is 18.2 Å². The first-order chi connectivity index (χ1) is 15.0. The summed E-state index contributed by atoms with van der Waals surface area (Å²) < 4.78 is 79.8. The molecule has 0 radical (unpaired) electrons. The molecule has 0 fully saturated rings. The van der Waals surface area contributed by atoms with Gasteiger partial charge in [0.1, 0.15) is 5.65 Å². The fourth-order valence-electron chi connectivity index (χ4n) is 3.09. The molecule has 0 aliphatic carbocycles. The van der Waals surface area contributed by atoms with E-state index in [-0.39, 0.29) is 11.8 Å². The number of carbonyl (C=O) groups is 1. The Kier molecular flexibility index (Phi) is 5.15. The zero-order valence-corrected chi connectivity index (χ0v) is 16.0. The maximum Gasteiger partial charge on any atom is 0.416 e. The van der Waals surface area contributed by atoms with Crippen molar-refractivity contribution in [3.63, 3.8) is 0 Å². The predicted molar refractivity (Wildman–Crippen MR) is 105 cm³/mol. The van der Waals surface area contributed by atoms with Crippen molar-refractivity contribution < 1.29 is 31.1 Å². The largest absolute Gasteiger partial charge is 0.416 e. The summed E-state index contributed by atoms with van der Waals surface area (Å²) in [5, 5.41) is 2.32. The number of nitrogens with one attached hydrogen (secondary N) is 1. The number of anilines is 1. The summed E-state index contributed by atoms with van der Waals surface area (Å²) in [7, 11) is 0. The summed E-state index contributed by atoms with van der Waals surface area (Å²) in [6.07, 6.45) is -6.45. The van der Waals surface area contributed by atoms with Gasteiger partial charge in [-0.25, -0.2) is 4.98 Å². The average Bonchev–Trinajstić information content (AvgIpc) is 3.17. The van der Waals surface area contributed by atoms with Gasteiger partial charge in [0.05, 0.1) is 16.8 Å². The van der Waals surface area contributed by atoms with Crippen LogP contribution in [0.5, 0.6) is 0 Å². The molecule has 1 amide bonds. The molecule has 2 heterocycles. The third-order valence-corrected chi connectivity index (χ3v) is 4.65. The second kappa shape index (κ2) is 7.70. The summed E-state index contributed by atoms with van der Waals surface area (Å²) in [6, 6.07) is 12.5. The third-order valence-electron chi connectivity index (χ3n) is 4.65. The first-order valence-corrected chi connectivity index (χ1v) is 9.16. The van der Waals surface area contributed by atoms with Gasteiger partial charge in [0, 0.05) is 29.2 Å². The fourth-order valence-corrected chi connectivity index (χ4v) is 3.09. The normalized spacial score (nSPS) is 12.2. The molecule has 0 saturated heterocycles. The zero-order chi connectivity index (χ0) is 23.1. The summed E-state index contributed by atoms with van der Waals surface area (Å²) in [6.45, 7) is 0. The molecule has 0 bridgehead atoms. The molecule has 0 atom stereocenters. The Morgan fingerprint density at radius 3 is 2.03 bits per heavy atom. The number of benzene rings is 2. The Bertz CT molecular complexity index is 1220. The van der Waals surface area contributed by atoms with Gasteiger partial charge in [-0.3, -0.25) is 4.79 Å². The van der Waals surface area contributed by atoms with Crippen molar-refractivity contribution in [1.82, 2.24) is 9.38 Å². The van der Waals surface area contributed by atoms with Crippen LogP contribution in [0.15, 0.2) is 73.1 Å². The van der Waals surface area contributed by atoms with E-state index in [9.17, 15) is 31.1 Å². The number of rotatable bonds is 3. The molecule has 0 aliphatic rings. The second-order valence-corrected chi connectivity index (χ2v) is 6.92. The first-order valence-electron chi connectivity index (χ1n) is 9.16. The third kappa shape index (κ3) is 4.43. The Labute approximate surface area is 177 Å². The number of amides is 1. The molecule has 32 heavy (non-hydrogen) atoms. The maximum atomic E-state index is 13.0. The van der Waals surface area contributed by atoms with E-state index >= 15 is 0 Å². The number of aromatic nitrogens is 2. The molecule has 10 heteroatoms. The minimum Gasteiger partial charge on any atom is -0.322 e. The van der Waals surface area contributed by atoms with Crippen LogP contribution in [0.25, 0.3) is 16.9 Å². The molecule has 0 unspecified atom stereocenters. The summed E-state index contributed by atoms with van der Waals surface area (Å²) in [4.78, 5) is 16.8. The first kappa shape index (κ1) is 21.4. The molecule has 164 valence electrons. The molecule has 1 N–H and O–H groups in total. The Morgan fingerprint density at radius 1 is 0.844 bits per heavy atom. The van der Waals surface area contributed by atoms with Crippen molar-refractivity contribution in [3.05, 3.63) is 89.7 Å². The van der Waals surface area contributed by atoms with Gasteiger partial charge in [0.15, 0.2) is 0 Å². The van der Waals surface area contributed by atoms with Gasteiger partial charge in [0.2, 0.25) is 0 Å². The highest BCUT2D eigenvalue weighted by atomic mass is 19.4. The molecule has 2 aromatic heterocycles. The maximum absolute atomic E-state index is 13.0. The van der Waals surface area contributed by atoms with Crippen molar-refractivity contribution >= 4 is 17.2 Å². The number of hydrogen-bond acceptors (Lipinski definition) is 2. The molecule has 0 saturated carbocycles. The topological polar surface area (TPSA) is 46.4 Å². The van der Waals surface area contributed by atoms with Crippen LogP contribution in [0, 0.1) is 0 Å². The standard InChI is InChI=1S/C22H13F6N3O/c23-21(24,25)15-9-14(10-16(11-15)22(26,27)28)20(32)29-17-6-4-13(5-7-17)18-12-31-8-2-1-3-19(31)30-18/h1-12H,(H,29,32). The highest BCUT2D eigenvalue weighted by Crippen LogP contribution is 2.36. The number of fused-ring (bicyclic) bond motifs is 1. The minimum absolute atomic E-state index is 0.0274. The minimum atomic E-state index is -5.04. The highest BCUT2D eigenvalue weighted by molar-refractivity contribution is 6.04. The Balaban J connectivity index is 1.58. The van der Waals surface area contributed by atoms with Crippen molar-refractivity contribution in [2.75, 3.05) is 5.32 Å². The molecule has 0 aliphatic heterocycles. The summed E-state index contributed by atoms with van der Waals surface area (Å²) >= 11 is 0. The lowest BCUT2D eigenvalue weighted by atomic mass is 10.0. The van der Waals surface area contributed by atoms with Crippen molar-refractivity contribution in [1.29, 1.82) is 0 Å². The lowest BCUT2D eigenvalue weighted by Gasteiger charge is -2.14. The van der Waals surface area contributed by atoms with E-state index in [1.54, 1.807) is 18.3 Å². The highest BCUT2D eigenvalue weighted by Gasteiger charge is 2.37. The SMILES string of the molecule is O=C(Nc1ccc(-c2cn3ccccc3n2)cc1)c1cc(C(F)(F)F)cc(C(F)(F)F)c1. The van der Waals surface area contributed by atoms with Gasteiger partial charge < -0.3 is 9.72 Å². The molecule has 2 aromatic carbocycles. The van der Waals surface area contributed by atoms with Crippen LogP contribution in [0.1, 0.15) is 21.5 Å². The zero-order valence-electron chi connectivity index (χ0n) is 16.0. The van der Waals surface area contributed by atoms with Crippen LogP contribution in [0.3, 0.4) is 0 Å². The van der Waals surface area contributed by atoms with Gasteiger partial charge >= 0.3 is 12.4 Å². The monoisotopic (exact) mass is 449 g/mol. The van der Waals surface area contributed by atoms with Gasteiger partial charge in [-0.05, 0) is 42.5 Å². The van der Waals surface area contributed by atoms with E-state index < -0.39 is 35.0 Å². The smallest absolute Gasteiger partial charge is 0.322 e. The lowest BCUT2D eigenvalue weighted by molar-refractivity contribution is -0.143. The van der Waals surface area contributed by atoms with Crippen LogP contribution >= 0.6 is 0 Å². The number of imidazole rings is 1. The predicted octanol–water partition coefficient (Wildman–Crippen LogP) is 6.29. The van der Waals surface area contributed by atoms with Crippen LogP contribution in [0.2, 0.25) is 0 Å². The lowest BCUT2D eigenvalue weighted by Crippen LogP contribution is -2.17. The molecule has 4 rings (SSSR count). The van der Waals surface area contributed by atoms with E-state index in [0.717, 1.165) is 5.65 Å². The van der Waals surface area contributed by atoms with Crippen LogP contribution in [0.4, 0.5) is 32.0 Å². The molecule has 4 aromatic rings. The van der Waals surface area contributed by atoms with E-state index in [1.165, 1.54) is 12.1 Å². The van der Waals surface area contributed by atoms with Crippen molar-refractivity contribution in [2.24, 2.45) is 0 Å². The summed E-state index contributed by atoms with van der Waals surface area (Å²) in [5.41, 5.74) is -1.57. The number of hydrogen-bond donors (Lipinski definition) is 1. The molecular weight excluding hydrogens is 436 g/mol. The van der Waals surface area contributed by atoms with Crippen LogP contribution in [-0.2, 0) is 12.4 Å². The van der Waals surface area contributed by atoms with E-state index in [1.807, 2.05) is 28.8 Å². The number of halogens is 6. The number of carbonyl (C=O) groups excluding carboxylic acids is 1. The van der Waals surface area contributed by atoms with E-state index in [0.29, 0.717) is 23.4 Å². The summed E-state index contributed by atoms with van der Waals surface area (Å²) in [5.74, 6) is -1.10. The number of pyridine rings is 1. The fraction of sp³-hybridized carbons (Fsp3) is 0.0909. The molecular formula is C22H13F6N3O. The quantitative estimate of drug-likeness (QED) is 0.374. The Hall–Kier alpha value is -3.82. The van der Waals surface area contributed by atoms with Gasteiger partial charge in [-0.2, -0.15) is 26.3 Å².